The first-order valence-corrected chi connectivity index (χ1v) is 5.68. The molecule has 0 unspecified atom stereocenters. The zero-order valence-corrected chi connectivity index (χ0v) is 11.2. The third-order valence-corrected chi connectivity index (χ3v) is 1.98. The van der Waals surface area contributed by atoms with Gasteiger partial charge in [0.1, 0.15) is 24.4 Å². The van der Waals surface area contributed by atoms with E-state index in [4.69, 9.17) is 25.5 Å². The van der Waals surface area contributed by atoms with Crippen molar-refractivity contribution in [3.63, 3.8) is 0 Å². The standard InChI is InChI=1S/C6H12O6.C5H8O3/c7-1-3(9)5(11)6(12)4(10)2-8;1-3-8-5(7)4(2)6/h1,3-6,8-12H,2H2;3H2,1-2H3/t3-,4+,5+,6+;/m0./s1. The minimum absolute atomic E-state index is 0.0258. The van der Waals surface area contributed by atoms with Gasteiger partial charge in [0.05, 0.1) is 13.2 Å². The zero-order chi connectivity index (χ0) is 16.3. The number of aliphatic hydroxyl groups is 5. The van der Waals surface area contributed by atoms with Gasteiger partial charge in [0.2, 0.25) is 5.78 Å². The lowest BCUT2D eigenvalue weighted by atomic mass is 10.0. The number of carbonyl (C=O) groups is 3. The summed E-state index contributed by atoms with van der Waals surface area (Å²) in [7, 11) is 0. The predicted octanol–water partition coefficient (Wildman–Crippen LogP) is -3.24. The number of esters is 1. The van der Waals surface area contributed by atoms with Gasteiger partial charge in [-0.15, -0.1) is 0 Å². The maximum Gasteiger partial charge on any atom is 0.374 e. The van der Waals surface area contributed by atoms with E-state index in [2.05, 4.69) is 4.74 Å². The van der Waals surface area contributed by atoms with Gasteiger partial charge in [-0.25, -0.2) is 4.79 Å². The van der Waals surface area contributed by atoms with Crippen molar-refractivity contribution < 1.29 is 44.7 Å². The molecule has 4 atom stereocenters. The number of hydrogen-bond acceptors (Lipinski definition) is 9. The molecule has 0 saturated heterocycles. The molecule has 20 heavy (non-hydrogen) atoms. The molecule has 0 heterocycles. The third-order valence-electron chi connectivity index (χ3n) is 1.98. The van der Waals surface area contributed by atoms with E-state index in [9.17, 15) is 14.4 Å². The summed E-state index contributed by atoms with van der Waals surface area (Å²) in [4.78, 5) is 30.1. The minimum atomic E-state index is -1.79. The highest BCUT2D eigenvalue weighted by molar-refractivity contribution is 6.32. The highest BCUT2D eigenvalue weighted by Gasteiger charge is 2.29. The van der Waals surface area contributed by atoms with Crippen LogP contribution in [0.5, 0.6) is 0 Å². The van der Waals surface area contributed by atoms with E-state index in [-0.39, 0.29) is 12.9 Å². The molecular weight excluding hydrogens is 276 g/mol. The van der Waals surface area contributed by atoms with Gasteiger partial charge in [0.25, 0.3) is 0 Å². The van der Waals surface area contributed by atoms with E-state index in [1.54, 1.807) is 6.92 Å². The normalized spacial score (nSPS) is 15.9. The Labute approximate surface area is 115 Å². The van der Waals surface area contributed by atoms with E-state index >= 15 is 0 Å². The Hall–Kier alpha value is -1.39. The number of rotatable bonds is 7. The van der Waals surface area contributed by atoms with Crippen LogP contribution < -0.4 is 0 Å². The summed E-state index contributed by atoms with van der Waals surface area (Å²) in [6.45, 7) is 2.33. The molecule has 118 valence electrons. The van der Waals surface area contributed by atoms with Crippen LogP contribution in [0.15, 0.2) is 0 Å². The van der Waals surface area contributed by atoms with Gasteiger partial charge in [-0.1, -0.05) is 0 Å². The highest BCUT2D eigenvalue weighted by atomic mass is 16.5. The molecule has 0 amide bonds. The summed E-state index contributed by atoms with van der Waals surface area (Å²) in [6, 6.07) is 0. The van der Waals surface area contributed by atoms with E-state index in [1.165, 1.54) is 6.92 Å². The van der Waals surface area contributed by atoms with Crippen LogP contribution in [0.2, 0.25) is 0 Å². The fourth-order valence-corrected chi connectivity index (χ4v) is 0.851. The van der Waals surface area contributed by atoms with Crippen LogP contribution >= 0.6 is 0 Å². The van der Waals surface area contributed by atoms with Crippen molar-refractivity contribution in [1.29, 1.82) is 0 Å². The predicted molar refractivity (Wildman–Crippen MR) is 64.5 cm³/mol. The van der Waals surface area contributed by atoms with Crippen LogP contribution in [0.4, 0.5) is 0 Å². The van der Waals surface area contributed by atoms with Crippen molar-refractivity contribution in [2.24, 2.45) is 0 Å². The summed E-state index contributed by atoms with van der Waals surface area (Å²) < 4.78 is 4.31. The number of hydrogen-bond donors (Lipinski definition) is 5. The number of ether oxygens (including phenoxy) is 1. The molecule has 0 saturated carbocycles. The minimum Gasteiger partial charge on any atom is -0.460 e. The molecule has 0 spiro atoms. The molecule has 9 heteroatoms. The fraction of sp³-hybridized carbons (Fsp3) is 0.727. The molecule has 0 bridgehead atoms. The third kappa shape index (κ3) is 8.67. The first-order valence-electron chi connectivity index (χ1n) is 5.68. The summed E-state index contributed by atoms with van der Waals surface area (Å²) in [5.74, 6) is -1.31. The number of aldehydes is 1. The fourth-order valence-electron chi connectivity index (χ4n) is 0.851. The van der Waals surface area contributed by atoms with Crippen LogP contribution in [-0.2, 0) is 19.1 Å². The Kier molecular flexibility index (Phi) is 12.0. The molecule has 0 aromatic heterocycles. The average molecular weight is 296 g/mol. The summed E-state index contributed by atoms with van der Waals surface area (Å²) in [5.41, 5.74) is 0. The zero-order valence-electron chi connectivity index (χ0n) is 11.2. The highest BCUT2D eigenvalue weighted by Crippen LogP contribution is 2.02. The first-order chi connectivity index (χ1) is 9.22. The lowest BCUT2D eigenvalue weighted by molar-refractivity contribution is -0.152. The molecule has 0 radical (unpaired) electrons. The van der Waals surface area contributed by atoms with Crippen molar-refractivity contribution in [2.75, 3.05) is 13.2 Å². The second-order valence-corrected chi connectivity index (χ2v) is 3.63. The summed E-state index contributed by atoms with van der Waals surface area (Å²) >= 11 is 0. The lowest BCUT2D eigenvalue weighted by Crippen LogP contribution is -2.46. The quantitative estimate of drug-likeness (QED) is 0.184. The molecule has 0 aromatic carbocycles. The van der Waals surface area contributed by atoms with Gasteiger partial charge in [0.15, 0.2) is 6.29 Å². The molecule has 5 N–H and O–H groups in total. The first kappa shape index (κ1) is 20.9. The van der Waals surface area contributed by atoms with Crippen molar-refractivity contribution in [2.45, 2.75) is 38.3 Å². The maximum absolute atomic E-state index is 10.2. The van der Waals surface area contributed by atoms with Gasteiger partial charge < -0.3 is 35.1 Å². The molecular formula is C11H20O9. The second kappa shape index (κ2) is 11.4. The lowest BCUT2D eigenvalue weighted by Gasteiger charge is -2.22. The van der Waals surface area contributed by atoms with E-state index < -0.39 is 42.8 Å². The van der Waals surface area contributed by atoms with Gasteiger partial charge in [-0.3, -0.25) is 4.79 Å². The van der Waals surface area contributed by atoms with Gasteiger partial charge in [-0.2, -0.15) is 0 Å². The topological polar surface area (TPSA) is 162 Å². The van der Waals surface area contributed by atoms with E-state index in [0.29, 0.717) is 0 Å². The van der Waals surface area contributed by atoms with Gasteiger partial charge in [0, 0.05) is 6.92 Å². The van der Waals surface area contributed by atoms with Crippen LogP contribution in [0.25, 0.3) is 0 Å². The molecule has 0 rings (SSSR count). The van der Waals surface area contributed by atoms with Gasteiger partial charge >= 0.3 is 5.97 Å². The SMILES string of the molecule is CCOC(=O)C(C)=O.O=C[C@H](O)[C@@H](O)[C@H](O)[C@H](O)CO. The summed E-state index contributed by atoms with van der Waals surface area (Å²) in [5, 5.41) is 43.5. The average Bonchev–Trinajstić information content (AvgIpc) is 2.44. The van der Waals surface area contributed by atoms with Crippen LogP contribution in [0, 0.1) is 0 Å². The van der Waals surface area contributed by atoms with E-state index in [1.807, 2.05) is 0 Å². The molecule has 0 fully saturated rings. The van der Waals surface area contributed by atoms with Crippen molar-refractivity contribution >= 4 is 18.0 Å². The van der Waals surface area contributed by atoms with Gasteiger partial charge in [-0.05, 0) is 6.92 Å². The largest absolute Gasteiger partial charge is 0.460 e. The van der Waals surface area contributed by atoms with Crippen LogP contribution in [-0.4, -0.2) is 81.2 Å². The molecule has 0 aliphatic carbocycles. The monoisotopic (exact) mass is 296 g/mol. The van der Waals surface area contributed by atoms with E-state index in [0.717, 1.165) is 0 Å². The Morgan fingerprint density at radius 3 is 1.90 bits per heavy atom. The smallest absolute Gasteiger partial charge is 0.374 e. The molecule has 9 nitrogen and oxygen atoms in total. The Morgan fingerprint density at radius 1 is 1.15 bits per heavy atom. The van der Waals surface area contributed by atoms with Crippen molar-refractivity contribution in [1.82, 2.24) is 0 Å². The number of carbonyl (C=O) groups excluding carboxylic acids is 3. The van der Waals surface area contributed by atoms with Crippen LogP contribution in [0.1, 0.15) is 13.8 Å². The number of aliphatic hydroxyl groups excluding tert-OH is 5. The summed E-state index contributed by atoms with van der Waals surface area (Å²) in [6.07, 6.45) is -6.84. The Bertz CT molecular complexity index is 304. The maximum atomic E-state index is 10.2. The van der Waals surface area contributed by atoms with Crippen molar-refractivity contribution in [3.05, 3.63) is 0 Å². The van der Waals surface area contributed by atoms with Crippen LogP contribution in [0.3, 0.4) is 0 Å². The molecule has 0 aliphatic heterocycles. The molecule has 0 aromatic rings. The molecule has 0 aliphatic rings. The Balaban J connectivity index is 0. The number of Topliss-reactive ketones (excluding diaryl/α,β-unsaturated/α-hetero) is 1. The van der Waals surface area contributed by atoms with Crippen molar-refractivity contribution in [3.8, 4) is 0 Å². The second-order valence-electron chi connectivity index (χ2n) is 3.63. The number of ketones is 1. The Morgan fingerprint density at radius 2 is 1.65 bits per heavy atom.